The van der Waals surface area contributed by atoms with Crippen molar-refractivity contribution in [3.63, 3.8) is 0 Å². The van der Waals surface area contributed by atoms with Crippen LogP contribution in [0.5, 0.6) is 0 Å². The molecule has 0 unspecified atom stereocenters. The molecule has 5 heterocycles. The summed E-state index contributed by atoms with van der Waals surface area (Å²) in [5.74, 6) is -0.140. The van der Waals surface area contributed by atoms with Crippen LogP contribution in [0, 0.1) is 11.7 Å². The van der Waals surface area contributed by atoms with E-state index in [0.717, 1.165) is 81.5 Å². The largest absolute Gasteiger partial charge is 0.380 e. The SMILES string of the molecule is CC1=C(c2cc3c(-c4ccccc4F)cncc3[nH]2)c2cc(-c3cncc(NC(=O)C4CCCC4)c3)ncc2NC1. The van der Waals surface area contributed by atoms with E-state index in [2.05, 4.69) is 44.6 Å². The summed E-state index contributed by atoms with van der Waals surface area (Å²) in [6.07, 6.45) is 12.9. The third-order valence-corrected chi connectivity index (χ3v) is 8.15. The van der Waals surface area contributed by atoms with Crippen LogP contribution >= 0.6 is 0 Å². The number of aromatic amines is 1. The van der Waals surface area contributed by atoms with Gasteiger partial charge in [-0.15, -0.1) is 0 Å². The molecule has 0 radical (unpaired) electrons. The summed E-state index contributed by atoms with van der Waals surface area (Å²) in [7, 11) is 0. The van der Waals surface area contributed by atoms with Crippen LogP contribution in [0.15, 0.2) is 79.0 Å². The van der Waals surface area contributed by atoms with E-state index in [1.807, 2.05) is 18.3 Å². The minimum absolute atomic E-state index is 0.0629. The lowest BCUT2D eigenvalue weighted by atomic mass is 9.92. The van der Waals surface area contributed by atoms with Gasteiger partial charge in [0.1, 0.15) is 5.82 Å². The molecule has 4 aromatic heterocycles. The highest BCUT2D eigenvalue weighted by Gasteiger charge is 2.24. The van der Waals surface area contributed by atoms with Crippen molar-refractivity contribution in [3.05, 3.63) is 96.1 Å². The molecular weight excluding hydrogens is 515 g/mol. The van der Waals surface area contributed by atoms with Crippen LogP contribution in [0.4, 0.5) is 15.8 Å². The Balaban J connectivity index is 1.26. The monoisotopic (exact) mass is 544 g/mol. The fourth-order valence-corrected chi connectivity index (χ4v) is 6.04. The number of carbonyl (C=O) groups is 1. The van der Waals surface area contributed by atoms with Crippen molar-refractivity contribution in [1.29, 1.82) is 0 Å². The van der Waals surface area contributed by atoms with Crippen molar-refractivity contribution < 1.29 is 9.18 Å². The molecule has 2 aliphatic rings. The number of nitrogens with one attached hydrogen (secondary N) is 3. The summed E-state index contributed by atoms with van der Waals surface area (Å²) in [6, 6.07) is 12.8. The first-order chi connectivity index (χ1) is 20.0. The molecule has 1 amide bonds. The molecule has 0 bridgehead atoms. The summed E-state index contributed by atoms with van der Waals surface area (Å²) in [5.41, 5.74) is 9.45. The predicted molar refractivity (Wildman–Crippen MR) is 160 cm³/mol. The second-order valence-electron chi connectivity index (χ2n) is 10.9. The molecule has 0 spiro atoms. The summed E-state index contributed by atoms with van der Waals surface area (Å²) in [4.78, 5) is 29.7. The predicted octanol–water partition coefficient (Wildman–Crippen LogP) is 7.20. The molecular formula is C33H29FN6O. The zero-order chi connectivity index (χ0) is 27.9. The van der Waals surface area contributed by atoms with Gasteiger partial charge in [-0.2, -0.15) is 0 Å². The topological polar surface area (TPSA) is 95.6 Å². The van der Waals surface area contributed by atoms with Crippen LogP contribution in [-0.4, -0.2) is 32.4 Å². The molecule has 1 aromatic carbocycles. The zero-order valence-corrected chi connectivity index (χ0v) is 22.7. The van der Waals surface area contributed by atoms with Crippen LogP contribution in [0.3, 0.4) is 0 Å². The minimum Gasteiger partial charge on any atom is -0.380 e. The van der Waals surface area contributed by atoms with Crippen LogP contribution in [0.2, 0.25) is 0 Å². The number of nitrogens with zero attached hydrogens (tertiary/aromatic N) is 3. The Morgan fingerprint density at radius 1 is 0.951 bits per heavy atom. The molecule has 1 aliphatic carbocycles. The van der Waals surface area contributed by atoms with Crippen molar-refractivity contribution in [2.24, 2.45) is 5.92 Å². The highest BCUT2D eigenvalue weighted by molar-refractivity contribution is 6.00. The molecule has 7 nitrogen and oxygen atoms in total. The molecule has 5 aromatic rings. The molecule has 7 rings (SSSR count). The second-order valence-corrected chi connectivity index (χ2v) is 10.9. The third kappa shape index (κ3) is 4.65. The molecule has 0 atom stereocenters. The molecule has 41 heavy (non-hydrogen) atoms. The van der Waals surface area contributed by atoms with Crippen molar-refractivity contribution in [3.8, 4) is 22.4 Å². The van der Waals surface area contributed by atoms with Gasteiger partial charge in [-0.05, 0) is 49.6 Å². The first-order valence-corrected chi connectivity index (χ1v) is 14.0. The lowest BCUT2D eigenvalue weighted by Gasteiger charge is -2.23. The Kier molecular flexibility index (Phi) is 6.30. The maximum atomic E-state index is 14.7. The molecule has 1 fully saturated rings. The number of halogens is 1. The Bertz CT molecular complexity index is 1840. The summed E-state index contributed by atoms with van der Waals surface area (Å²) >= 11 is 0. The number of benzene rings is 1. The summed E-state index contributed by atoms with van der Waals surface area (Å²) in [5, 5.41) is 7.42. The van der Waals surface area contributed by atoms with E-state index < -0.39 is 0 Å². The zero-order valence-electron chi connectivity index (χ0n) is 22.7. The summed E-state index contributed by atoms with van der Waals surface area (Å²) in [6.45, 7) is 2.79. The van der Waals surface area contributed by atoms with Gasteiger partial charge in [0, 0.05) is 63.8 Å². The number of amides is 1. The molecule has 0 saturated heterocycles. The number of rotatable bonds is 5. The average Bonchev–Trinajstić information content (AvgIpc) is 3.68. The van der Waals surface area contributed by atoms with Gasteiger partial charge in [-0.25, -0.2) is 4.39 Å². The van der Waals surface area contributed by atoms with Crippen LogP contribution in [-0.2, 0) is 4.79 Å². The van der Waals surface area contributed by atoms with Crippen molar-refractivity contribution in [2.75, 3.05) is 17.2 Å². The van der Waals surface area contributed by atoms with E-state index in [1.165, 1.54) is 6.07 Å². The third-order valence-electron chi connectivity index (χ3n) is 8.15. The van der Waals surface area contributed by atoms with Gasteiger partial charge in [0.25, 0.3) is 0 Å². The summed E-state index contributed by atoms with van der Waals surface area (Å²) < 4.78 is 14.7. The number of hydrogen-bond donors (Lipinski definition) is 3. The molecule has 1 aliphatic heterocycles. The number of hydrogen-bond acceptors (Lipinski definition) is 5. The number of anilines is 2. The van der Waals surface area contributed by atoms with Crippen LogP contribution in [0.25, 0.3) is 38.9 Å². The van der Waals surface area contributed by atoms with Gasteiger partial charge in [0.15, 0.2) is 0 Å². The highest BCUT2D eigenvalue weighted by atomic mass is 19.1. The standard InChI is InChI=1S/C33H29FN6O/c1-19-13-37-30-18-38-28(21-10-22(15-35-14-21)39-33(41)20-6-2-3-7-20)12-25(30)32(19)29-11-24-26(16-36-17-31(24)40-29)23-8-4-5-9-27(23)34/h4-5,8-12,14-18,20,37,40H,2-3,6-7,13H2,1H3,(H,39,41). The maximum Gasteiger partial charge on any atom is 0.227 e. The fraction of sp³-hybridized carbons (Fsp3) is 0.212. The van der Waals surface area contributed by atoms with E-state index in [0.29, 0.717) is 17.8 Å². The fourth-order valence-electron chi connectivity index (χ4n) is 6.04. The van der Waals surface area contributed by atoms with E-state index >= 15 is 0 Å². The Labute approximate surface area is 237 Å². The normalized spacial score (nSPS) is 15.2. The van der Waals surface area contributed by atoms with Gasteiger partial charge in [0.05, 0.1) is 41.2 Å². The van der Waals surface area contributed by atoms with E-state index in [9.17, 15) is 9.18 Å². The Morgan fingerprint density at radius 3 is 2.63 bits per heavy atom. The molecule has 8 heteroatoms. The van der Waals surface area contributed by atoms with Gasteiger partial charge in [-0.1, -0.05) is 31.0 Å². The van der Waals surface area contributed by atoms with Gasteiger partial charge in [0.2, 0.25) is 5.91 Å². The van der Waals surface area contributed by atoms with E-state index in [-0.39, 0.29) is 17.6 Å². The smallest absolute Gasteiger partial charge is 0.227 e. The number of aromatic nitrogens is 4. The lowest BCUT2D eigenvalue weighted by molar-refractivity contribution is -0.119. The van der Waals surface area contributed by atoms with E-state index in [4.69, 9.17) is 4.98 Å². The maximum absolute atomic E-state index is 14.7. The van der Waals surface area contributed by atoms with Crippen molar-refractivity contribution in [2.45, 2.75) is 32.6 Å². The molecule has 204 valence electrons. The van der Waals surface area contributed by atoms with Crippen LogP contribution in [0.1, 0.15) is 43.9 Å². The average molecular weight is 545 g/mol. The first-order valence-electron chi connectivity index (χ1n) is 14.0. The van der Waals surface area contributed by atoms with E-state index in [1.54, 1.807) is 36.9 Å². The second kappa shape index (κ2) is 10.3. The van der Waals surface area contributed by atoms with Crippen LogP contribution < -0.4 is 10.6 Å². The number of H-pyrrole nitrogens is 1. The minimum atomic E-state index is -0.279. The number of fused-ring (bicyclic) bond motifs is 2. The number of carbonyl (C=O) groups excluding carboxylic acids is 1. The highest BCUT2D eigenvalue weighted by Crippen LogP contribution is 2.39. The van der Waals surface area contributed by atoms with Crippen molar-refractivity contribution in [1.82, 2.24) is 19.9 Å². The Morgan fingerprint density at radius 2 is 1.78 bits per heavy atom. The van der Waals surface area contributed by atoms with Gasteiger partial charge >= 0.3 is 0 Å². The number of pyridine rings is 3. The first kappa shape index (κ1) is 25.1. The quantitative estimate of drug-likeness (QED) is 0.217. The Hall–Kier alpha value is -4.85. The van der Waals surface area contributed by atoms with Gasteiger partial charge in [-0.3, -0.25) is 19.7 Å². The van der Waals surface area contributed by atoms with Gasteiger partial charge < -0.3 is 15.6 Å². The molecule has 1 saturated carbocycles. The lowest BCUT2D eigenvalue weighted by Crippen LogP contribution is -2.20. The molecule has 3 N–H and O–H groups in total. The van der Waals surface area contributed by atoms with Crippen molar-refractivity contribution >= 4 is 33.8 Å².